The van der Waals surface area contributed by atoms with Gasteiger partial charge in [-0.05, 0) is 86.0 Å². The minimum Gasteiger partial charge on any atom is -0.294 e. The molecule has 5 rings (SSSR count). The molecule has 0 heterocycles. The van der Waals surface area contributed by atoms with Crippen LogP contribution in [0.2, 0.25) is 5.02 Å². The van der Waals surface area contributed by atoms with E-state index in [1.165, 1.54) is 38.5 Å². The van der Waals surface area contributed by atoms with Crippen LogP contribution in [0.15, 0.2) is 24.3 Å². The van der Waals surface area contributed by atoms with Gasteiger partial charge in [0.15, 0.2) is 5.78 Å². The average molecular weight is 289 g/mol. The lowest BCUT2D eigenvalue weighted by Crippen LogP contribution is -2.46. The second kappa shape index (κ2) is 4.59. The molecular formula is C18H21ClO. The Bertz CT molecular complexity index is 496. The fourth-order valence-corrected chi connectivity index (χ4v) is 5.71. The van der Waals surface area contributed by atoms with Gasteiger partial charge in [-0.2, -0.15) is 0 Å². The molecule has 0 atom stereocenters. The Morgan fingerprint density at radius 2 is 1.50 bits per heavy atom. The van der Waals surface area contributed by atoms with E-state index in [-0.39, 0.29) is 0 Å². The summed E-state index contributed by atoms with van der Waals surface area (Å²) in [6.45, 7) is 0. The van der Waals surface area contributed by atoms with E-state index in [0.29, 0.717) is 16.2 Å². The van der Waals surface area contributed by atoms with E-state index in [2.05, 4.69) is 0 Å². The normalized spacial score (nSPS) is 38.1. The van der Waals surface area contributed by atoms with Crippen LogP contribution < -0.4 is 0 Å². The lowest BCUT2D eigenvalue weighted by Gasteiger charge is -2.56. The number of hydrogen-bond acceptors (Lipinski definition) is 1. The van der Waals surface area contributed by atoms with Crippen molar-refractivity contribution in [2.24, 2.45) is 23.2 Å². The summed E-state index contributed by atoms with van der Waals surface area (Å²) >= 11 is 5.90. The Hall–Kier alpha value is -0.820. The van der Waals surface area contributed by atoms with Crippen molar-refractivity contribution in [1.29, 1.82) is 0 Å². The first-order chi connectivity index (χ1) is 9.62. The van der Waals surface area contributed by atoms with Gasteiger partial charge in [0.25, 0.3) is 0 Å². The van der Waals surface area contributed by atoms with Crippen molar-refractivity contribution in [2.45, 2.75) is 44.9 Å². The highest BCUT2D eigenvalue weighted by Crippen LogP contribution is 2.61. The first kappa shape index (κ1) is 12.9. The molecule has 2 heteroatoms. The summed E-state index contributed by atoms with van der Waals surface area (Å²) in [6, 6.07) is 7.42. The van der Waals surface area contributed by atoms with Gasteiger partial charge in [-0.1, -0.05) is 11.6 Å². The summed E-state index contributed by atoms with van der Waals surface area (Å²) < 4.78 is 0. The van der Waals surface area contributed by atoms with Gasteiger partial charge >= 0.3 is 0 Å². The fourth-order valence-electron chi connectivity index (χ4n) is 5.58. The lowest BCUT2D eigenvalue weighted by molar-refractivity contribution is -0.0524. The van der Waals surface area contributed by atoms with E-state index < -0.39 is 0 Å². The molecule has 1 aromatic carbocycles. The SMILES string of the molecule is O=C(CC12CC3CC(CC(C3)C1)C2)c1ccc(Cl)cc1. The van der Waals surface area contributed by atoms with Gasteiger partial charge in [0.2, 0.25) is 0 Å². The van der Waals surface area contributed by atoms with Crippen molar-refractivity contribution in [3.8, 4) is 0 Å². The lowest BCUT2D eigenvalue weighted by atomic mass is 9.48. The molecule has 0 amide bonds. The van der Waals surface area contributed by atoms with Crippen LogP contribution >= 0.6 is 11.6 Å². The number of halogens is 1. The molecule has 0 N–H and O–H groups in total. The monoisotopic (exact) mass is 288 g/mol. The molecule has 0 spiro atoms. The van der Waals surface area contributed by atoms with Crippen LogP contribution in [0.25, 0.3) is 0 Å². The smallest absolute Gasteiger partial charge is 0.163 e. The van der Waals surface area contributed by atoms with E-state index in [9.17, 15) is 4.79 Å². The van der Waals surface area contributed by atoms with E-state index in [1.54, 1.807) is 0 Å². The van der Waals surface area contributed by atoms with Gasteiger partial charge < -0.3 is 0 Å². The van der Waals surface area contributed by atoms with E-state index >= 15 is 0 Å². The Labute approximate surface area is 125 Å². The highest BCUT2D eigenvalue weighted by atomic mass is 35.5. The highest BCUT2D eigenvalue weighted by molar-refractivity contribution is 6.30. The molecule has 0 unspecified atom stereocenters. The average Bonchev–Trinajstić information content (AvgIpc) is 2.37. The summed E-state index contributed by atoms with van der Waals surface area (Å²) in [5.74, 6) is 3.07. The summed E-state index contributed by atoms with van der Waals surface area (Å²) in [5.41, 5.74) is 1.18. The predicted octanol–water partition coefficient (Wildman–Crippen LogP) is 5.13. The van der Waals surface area contributed by atoms with Crippen LogP contribution in [0.4, 0.5) is 0 Å². The number of ketones is 1. The molecule has 1 aromatic rings. The summed E-state index contributed by atoms with van der Waals surface area (Å²) in [6.07, 6.45) is 8.99. The van der Waals surface area contributed by atoms with Crippen molar-refractivity contribution in [1.82, 2.24) is 0 Å². The Morgan fingerprint density at radius 3 is 2.00 bits per heavy atom. The minimum atomic E-state index is 0.323. The van der Waals surface area contributed by atoms with Gasteiger partial charge in [0, 0.05) is 17.0 Å². The Balaban J connectivity index is 1.53. The Morgan fingerprint density at radius 1 is 1.00 bits per heavy atom. The van der Waals surface area contributed by atoms with E-state index in [1.807, 2.05) is 24.3 Å². The minimum absolute atomic E-state index is 0.323. The third kappa shape index (κ3) is 2.20. The van der Waals surface area contributed by atoms with Crippen molar-refractivity contribution in [3.63, 3.8) is 0 Å². The quantitative estimate of drug-likeness (QED) is 0.705. The fraction of sp³-hybridized carbons (Fsp3) is 0.611. The number of carbonyl (C=O) groups is 1. The van der Waals surface area contributed by atoms with Crippen LogP contribution in [-0.4, -0.2) is 5.78 Å². The number of Topliss-reactive ketones (excluding diaryl/α,β-unsaturated/α-hetero) is 1. The van der Waals surface area contributed by atoms with Crippen LogP contribution in [0.5, 0.6) is 0 Å². The van der Waals surface area contributed by atoms with Gasteiger partial charge in [-0.25, -0.2) is 0 Å². The van der Waals surface area contributed by atoms with Gasteiger partial charge in [0.05, 0.1) is 0 Å². The molecule has 4 aliphatic rings. The molecule has 4 saturated carbocycles. The maximum Gasteiger partial charge on any atom is 0.163 e. The van der Waals surface area contributed by atoms with Gasteiger partial charge in [-0.3, -0.25) is 4.79 Å². The molecule has 4 fully saturated rings. The number of rotatable bonds is 3. The van der Waals surface area contributed by atoms with Crippen LogP contribution in [0, 0.1) is 23.2 Å². The largest absolute Gasteiger partial charge is 0.294 e. The van der Waals surface area contributed by atoms with Crippen molar-refractivity contribution >= 4 is 17.4 Å². The van der Waals surface area contributed by atoms with Gasteiger partial charge in [-0.15, -0.1) is 0 Å². The first-order valence-corrected chi connectivity index (χ1v) is 8.28. The molecule has 4 bridgehead atoms. The summed E-state index contributed by atoms with van der Waals surface area (Å²) in [7, 11) is 0. The number of hydrogen-bond donors (Lipinski definition) is 0. The van der Waals surface area contributed by atoms with Crippen LogP contribution in [0.1, 0.15) is 55.3 Å². The molecule has 0 aromatic heterocycles. The highest BCUT2D eigenvalue weighted by Gasteiger charge is 2.51. The van der Waals surface area contributed by atoms with Crippen LogP contribution in [-0.2, 0) is 0 Å². The summed E-state index contributed by atoms with van der Waals surface area (Å²) in [5, 5.41) is 0.705. The second-order valence-electron chi connectivity index (χ2n) is 7.52. The molecule has 20 heavy (non-hydrogen) atoms. The topological polar surface area (TPSA) is 17.1 Å². The number of benzene rings is 1. The number of carbonyl (C=O) groups excluding carboxylic acids is 1. The standard InChI is InChI=1S/C18H21ClO/c19-16-3-1-15(2-4-16)17(20)11-18-8-12-5-13(9-18)7-14(6-12)10-18/h1-4,12-14H,5-11H2. The summed E-state index contributed by atoms with van der Waals surface area (Å²) in [4.78, 5) is 12.6. The van der Waals surface area contributed by atoms with E-state index in [0.717, 1.165) is 29.7 Å². The van der Waals surface area contributed by atoms with Crippen molar-refractivity contribution < 1.29 is 4.79 Å². The maximum absolute atomic E-state index is 12.6. The third-order valence-corrected chi connectivity index (χ3v) is 6.12. The molecule has 0 saturated heterocycles. The predicted molar refractivity (Wildman–Crippen MR) is 81.0 cm³/mol. The molecule has 1 nitrogen and oxygen atoms in total. The zero-order valence-corrected chi connectivity index (χ0v) is 12.5. The zero-order chi connectivity index (χ0) is 13.7. The van der Waals surface area contributed by atoms with Crippen LogP contribution in [0.3, 0.4) is 0 Å². The molecule has 0 radical (unpaired) electrons. The van der Waals surface area contributed by atoms with Gasteiger partial charge in [0.1, 0.15) is 0 Å². The maximum atomic E-state index is 12.6. The molecule has 4 aliphatic carbocycles. The van der Waals surface area contributed by atoms with Crippen molar-refractivity contribution in [3.05, 3.63) is 34.9 Å². The molecular weight excluding hydrogens is 268 g/mol. The van der Waals surface area contributed by atoms with E-state index in [4.69, 9.17) is 11.6 Å². The molecule has 106 valence electrons. The Kier molecular flexibility index (Phi) is 2.96. The molecule has 0 aliphatic heterocycles. The second-order valence-corrected chi connectivity index (χ2v) is 7.96. The zero-order valence-electron chi connectivity index (χ0n) is 11.8. The third-order valence-electron chi connectivity index (χ3n) is 5.87. The van der Waals surface area contributed by atoms with Crippen molar-refractivity contribution in [2.75, 3.05) is 0 Å². The first-order valence-electron chi connectivity index (χ1n) is 7.91.